The molecule has 16 heavy (non-hydrogen) atoms. The SMILES string of the molecule is CCc1c2ccc(Cl)cc2nn1CC(C)=O. The predicted molar refractivity (Wildman–Crippen MR) is 64.8 cm³/mol. The Morgan fingerprint density at radius 2 is 2.25 bits per heavy atom. The molecule has 0 fully saturated rings. The molecule has 0 bridgehead atoms. The third-order valence-corrected chi connectivity index (χ3v) is 2.75. The molecule has 0 aliphatic rings. The van der Waals surface area contributed by atoms with Gasteiger partial charge in [-0.05, 0) is 31.5 Å². The average Bonchev–Trinajstić information content (AvgIpc) is 2.52. The third kappa shape index (κ3) is 1.95. The molecule has 4 heteroatoms. The maximum Gasteiger partial charge on any atom is 0.151 e. The van der Waals surface area contributed by atoms with Crippen LogP contribution in [0, 0.1) is 0 Å². The number of ketones is 1. The summed E-state index contributed by atoms with van der Waals surface area (Å²) in [4.78, 5) is 11.1. The summed E-state index contributed by atoms with van der Waals surface area (Å²) in [5.41, 5.74) is 1.94. The number of aryl methyl sites for hydroxylation is 1. The van der Waals surface area contributed by atoms with Crippen LogP contribution in [0.2, 0.25) is 5.02 Å². The van der Waals surface area contributed by atoms with Crippen molar-refractivity contribution in [2.75, 3.05) is 0 Å². The largest absolute Gasteiger partial charge is 0.298 e. The van der Waals surface area contributed by atoms with Crippen molar-refractivity contribution in [2.24, 2.45) is 0 Å². The van der Waals surface area contributed by atoms with E-state index < -0.39 is 0 Å². The van der Waals surface area contributed by atoms with Crippen molar-refractivity contribution < 1.29 is 4.79 Å². The van der Waals surface area contributed by atoms with E-state index in [4.69, 9.17) is 11.6 Å². The Morgan fingerprint density at radius 1 is 1.50 bits per heavy atom. The average molecular weight is 237 g/mol. The molecule has 0 spiro atoms. The first-order valence-electron chi connectivity index (χ1n) is 5.26. The lowest BCUT2D eigenvalue weighted by Gasteiger charge is -2.02. The van der Waals surface area contributed by atoms with Gasteiger partial charge in [0.15, 0.2) is 5.78 Å². The molecule has 2 aromatic rings. The summed E-state index contributed by atoms with van der Waals surface area (Å²) >= 11 is 5.91. The lowest BCUT2D eigenvalue weighted by Crippen LogP contribution is -2.10. The molecule has 0 amide bonds. The Morgan fingerprint density at radius 3 is 2.88 bits per heavy atom. The van der Waals surface area contributed by atoms with Crippen LogP contribution in [0.1, 0.15) is 19.5 Å². The zero-order chi connectivity index (χ0) is 11.7. The summed E-state index contributed by atoms with van der Waals surface area (Å²) in [5.74, 6) is 0.105. The van der Waals surface area contributed by atoms with E-state index in [1.807, 2.05) is 18.2 Å². The van der Waals surface area contributed by atoms with Crippen LogP contribution in [0.5, 0.6) is 0 Å². The van der Waals surface area contributed by atoms with E-state index in [1.165, 1.54) is 0 Å². The Labute approximate surface area is 99.0 Å². The highest BCUT2D eigenvalue weighted by Gasteiger charge is 2.10. The number of halogens is 1. The van der Waals surface area contributed by atoms with Gasteiger partial charge in [-0.25, -0.2) is 0 Å². The standard InChI is InChI=1S/C12H13ClN2O/c1-3-12-10-5-4-9(13)6-11(10)14-15(12)7-8(2)16/h4-6H,3,7H2,1-2H3. The Balaban J connectivity index is 2.61. The molecule has 0 saturated heterocycles. The normalized spacial score (nSPS) is 10.9. The summed E-state index contributed by atoms with van der Waals surface area (Å²) in [5, 5.41) is 6.14. The molecular weight excluding hydrogens is 224 g/mol. The molecule has 1 heterocycles. The van der Waals surface area contributed by atoms with Crippen molar-refractivity contribution >= 4 is 28.3 Å². The van der Waals surface area contributed by atoms with Gasteiger partial charge in [0.25, 0.3) is 0 Å². The van der Waals surface area contributed by atoms with Gasteiger partial charge in [-0.2, -0.15) is 5.10 Å². The molecule has 0 aliphatic heterocycles. The number of hydrogen-bond donors (Lipinski definition) is 0. The smallest absolute Gasteiger partial charge is 0.151 e. The van der Waals surface area contributed by atoms with Gasteiger partial charge < -0.3 is 0 Å². The van der Waals surface area contributed by atoms with Crippen LogP contribution < -0.4 is 0 Å². The number of benzene rings is 1. The fourth-order valence-electron chi connectivity index (χ4n) is 1.88. The molecule has 0 aliphatic carbocycles. The van der Waals surface area contributed by atoms with Crippen LogP contribution in [-0.2, 0) is 17.8 Å². The van der Waals surface area contributed by atoms with Gasteiger partial charge in [0.05, 0.1) is 12.1 Å². The van der Waals surface area contributed by atoms with Crippen LogP contribution >= 0.6 is 11.6 Å². The second-order valence-electron chi connectivity index (χ2n) is 3.82. The molecule has 0 atom stereocenters. The molecule has 1 aromatic heterocycles. The number of carbonyl (C=O) groups is 1. The molecule has 0 N–H and O–H groups in total. The number of nitrogens with zero attached hydrogens (tertiary/aromatic N) is 2. The van der Waals surface area contributed by atoms with E-state index in [9.17, 15) is 4.79 Å². The van der Waals surface area contributed by atoms with Crippen molar-refractivity contribution in [1.29, 1.82) is 0 Å². The third-order valence-electron chi connectivity index (χ3n) is 2.52. The fraction of sp³-hybridized carbons (Fsp3) is 0.333. The zero-order valence-corrected chi connectivity index (χ0v) is 10.1. The molecule has 0 radical (unpaired) electrons. The lowest BCUT2D eigenvalue weighted by atomic mass is 10.2. The first-order chi connectivity index (χ1) is 7.61. The second-order valence-corrected chi connectivity index (χ2v) is 4.26. The molecular formula is C12H13ClN2O. The fourth-order valence-corrected chi connectivity index (χ4v) is 2.04. The maximum absolute atomic E-state index is 11.1. The molecule has 84 valence electrons. The van der Waals surface area contributed by atoms with Crippen molar-refractivity contribution in [3.63, 3.8) is 0 Å². The zero-order valence-electron chi connectivity index (χ0n) is 9.33. The molecule has 2 rings (SSSR count). The first kappa shape index (κ1) is 11.1. The quantitative estimate of drug-likeness (QED) is 0.822. The number of fused-ring (bicyclic) bond motifs is 1. The molecule has 3 nitrogen and oxygen atoms in total. The number of hydrogen-bond acceptors (Lipinski definition) is 2. The summed E-state index contributed by atoms with van der Waals surface area (Å²) in [6.45, 7) is 3.95. The van der Waals surface area contributed by atoms with Gasteiger partial charge in [-0.15, -0.1) is 0 Å². The van der Waals surface area contributed by atoms with Crippen molar-refractivity contribution in [1.82, 2.24) is 9.78 Å². The van der Waals surface area contributed by atoms with Gasteiger partial charge in [-0.3, -0.25) is 9.48 Å². The monoisotopic (exact) mass is 236 g/mol. The van der Waals surface area contributed by atoms with Gasteiger partial charge in [0.1, 0.15) is 0 Å². The molecule has 0 unspecified atom stereocenters. The minimum Gasteiger partial charge on any atom is -0.298 e. The van der Waals surface area contributed by atoms with Gasteiger partial charge in [-0.1, -0.05) is 18.5 Å². The molecule has 1 aromatic carbocycles. The van der Waals surface area contributed by atoms with Crippen LogP contribution in [0.25, 0.3) is 10.9 Å². The number of aromatic nitrogens is 2. The second kappa shape index (κ2) is 4.26. The Kier molecular flexibility index (Phi) is 2.97. The van der Waals surface area contributed by atoms with E-state index in [0.29, 0.717) is 11.6 Å². The van der Waals surface area contributed by atoms with Gasteiger partial charge in [0.2, 0.25) is 0 Å². The van der Waals surface area contributed by atoms with Crippen molar-refractivity contribution in [3.05, 3.63) is 28.9 Å². The Hall–Kier alpha value is -1.35. The first-order valence-corrected chi connectivity index (χ1v) is 5.64. The van der Waals surface area contributed by atoms with Crippen LogP contribution in [0.4, 0.5) is 0 Å². The predicted octanol–water partition coefficient (Wildman–Crippen LogP) is 2.84. The van der Waals surface area contributed by atoms with Crippen LogP contribution in [0.15, 0.2) is 18.2 Å². The Bertz CT molecular complexity index is 545. The highest BCUT2D eigenvalue weighted by atomic mass is 35.5. The van der Waals surface area contributed by atoms with E-state index in [2.05, 4.69) is 12.0 Å². The van der Waals surface area contributed by atoms with Crippen LogP contribution in [0.3, 0.4) is 0 Å². The van der Waals surface area contributed by atoms with Crippen molar-refractivity contribution in [2.45, 2.75) is 26.8 Å². The minimum absolute atomic E-state index is 0.105. The van der Waals surface area contributed by atoms with Gasteiger partial charge >= 0.3 is 0 Å². The van der Waals surface area contributed by atoms with Crippen molar-refractivity contribution in [3.8, 4) is 0 Å². The summed E-state index contributed by atoms with van der Waals surface area (Å²) in [6.07, 6.45) is 0.853. The summed E-state index contributed by atoms with van der Waals surface area (Å²) in [6, 6.07) is 5.63. The highest BCUT2D eigenvalue weighted by molar-refractivity contribution is 6.31. The van der Waals surface area contributed by atoms with E-state index in [-0.39, 0.29) is 5.78 Å². The topological polar surface area (TPSA) is 34.9 Å². The van der Waals surface area contributed by atoms with Gasteiger partial charge in [0, 0.05) is 16.1 Å². The highest BCUT2D eigenvalue weighted by Crippen LogP contribution is 2.22. The summed E-state index contributed by atoms with van der Waals surface area (Å²) in [7, 11) is 0. The maximum atomic E-state index is 11.1. The number of Topliss-reactive ketones (excluding diaryl/α,β-unsaturated/α-hetero) is 1. The number of rotatable bonds is 3. The number of carbonyl (C=O) groups excluding carboxylic acids is 1. The lowest BCUT2D eigenvalue weighted by molar-refractivity contribution is -0.117. The summed E-state index contributed by atoms with van der Waals surface area (Å²) < 4.78 is 1.77. The van der Waals surface area contributed by atoms with Crippen LogP contribution in [-0.4, -0.2) is 15.6 Å². The van der Waals surface area contributed by atoms with E-state index >= 15 is 0 Å². The van der Waals surface area contributed by atoms with E-state index in [0.717, 1.165) is 23.0 Å². The molecule has 0 saturated carbocycles. The minimum atomic E-state index is 0.105. The van der Waals surface area contributed by atoms with E-state index in [1.54, 1.807) is 11.6 Å².